The number of nitrogens with one attached hydrogen (secondary N) is 1. The summed E-state index contributed by atoms with van der Waals surface area (Å²) in [7, 11) is -4.51. The second-order valence-corrected chi connectivity index (χ2v) is 9.94. The molecule has 0 atom stereocenters. The third-order valence-corrected chi connectivity index (χ3v) is 7.20. The lowest BCUT2D eigenvalue weighted by Gasteiger charge is -2.24. The molecule has 0 heterocycles. The number of para-hydroxylation sites is 3. The van der Waals surface area contributed by atoms with Gasteiger partial charge in [-0.1, -0.05) is 60.1 Å². The number of amides is 1. The molecule has 1 amide bonds. The van der Waals surface area contributed by atoms with Crippen LogP contribution in [0, 0.1) is 10.1 Å². The highest BCUT2D eigenvalue weighted by atomic mass is 35.5. The summed E-state index contributed by atoms with van der Waals surface area (Å²) in [6.07, 6.45) is 0. The minimum absolute atomic E-state index is 0.155. The number of rotatable bonds is 9. The van der Waals surface area contributed by atoms with Crippen molar-refractivity contribution in [1.29, 1.82) is 0 Å². The van der Waals surface area contributed by atoms with Crippen LogP contribution in [0.4, 0.5) is 17.1 Å². The average molecular weight is 538 g/mol. The quantitative estimate of drug-likeness (QED) is 0.210. The molecular weight excluding hydrogens is 518 g/mol. The van der Waals surface area contributed by atoms with Crippen LogP contribution in [0.25, 0.3) is 0 Å². The molecule has 0 saturated heterocycles. The van der Waals surface area contributed by atoms with Gasteiger partial charge in [-0.2, -0.15) is 0 Å². The number of nitro benzene ring substituents is 1. The van der Waals surface area contributed by atoms with E-state index < -0.39 is 38.0 Å². The lowest BCUT2D eigenvalue weighted by Crippen LogP contribution is -2.38. The average Bonchev–Trinajstić information content (AvgIpc) is 2.90. The summed E-state index contributed by atoms with van der Waals surface area (Å²) >= 11 is 6.13. The van der Waals surface area contributed by atoms with Gasteiger partial charge in [0.1, 0.15) is 12.3 Å². The second-order valence-electron chi connectivity index (χ2n) is 7.68. The van der Waals surface area contributed by atoms with Crippen LogP contribution < -0.4 is 14.4 Å². The van der Waals surface area contributed by atoms with E-state index in [-0.39, 0.29) is 17.1 Å². The highest BCUT2D eigenvalue weighted by Crippen LogP contribution is 2.33. The molecule has 9 nitrogen and oxygen atoms in total. The number of carbonyl (C=O) groups excluding carboxylic acids is 1. The first-order chi connectivity index (χ1) is 17.8. The molecule has 0 fully saturated rings. The van der Waals surface area contributed by atoms with Crippen LogP contribution in [0.15, 0.2) is 108 Å². The fourth-order valence-electron chi connectivity index (χ4n) is 3.48. The Kier molecular flexibility index (Phi) is 7.71. The van der Waals surface area contributed by atoms with Crippen molar-refractivity contribution in [3.63, 3.8) is 0 Å². The molecule has 0 unspecified atom stereocenters. The van der Waals surface area contributed by atoms with Crippen molar-refractivity contribution in [3.05, 3.63) is 118 Å². The summed E-state index contributed by atoms with van der Waals surface area (Å²) < 4.78 is 33.9. The highest BCUT2D eigenvalue weighted by molar-refractivity contribution is 7.93. The third-order valence-electron chi connectivity index (χ3n) is 5.15. The number of nitrogens with zero attached hydrogens (tertiary/aromatic N) is 2. The number of anilines is 2. The van der Waals surface area contributed by atoms with Crippen LogP contribution in [-0.4, -0.2) is 25.8 Å². The Morgan fingerprint density at radius 2 is 1.54 bits per heavy atom. The minimum Gasteiger partial charge on any atom is -0.455 e. The molecular formula is C26H20ClN3O6S. The monoisotopic (exact) mass is 537 g/mol. The zero-order valence-corrected chi connectivity index (χ0v) is 20.7. The van der Waals surface area contributed by atoms with E-state index in [1.54, 1.807) is 54.6 Å². The number of sulfonamides is 1. The van der Waals surface area contributed by atoms with Crippen molar-refractivity contribution >= 4 is 44.6 Å². The molecule has 4 aromatic carbocycles. The van der Waals surface area contributed by atoms with Crippen molar-refractivity contribution in [3.8, 4) is 11.5 Å². The number of benzene rings is 4. The summed E-state index contributed by atoms with van der Waals surface area (Å²) in [5.41, 5.74) is -0.225. The van der Waals surface area contributed by atoms with Gasteiger partial charge in [0.15, 0.2) is 10.6 Å². The van der Waals surface area contributed by atoms with Gasteiger partial charge in [-0.05, 0) is 48.5 Å². The predicted octanol–water partition coefficient (Wildman–Crippen LogP) is 5.87. The number of hydrogen-bond acceptors (Lipinski definition) is 6. The normalized spacial score (nSPS) is 10.9. The number of halogens is 1. The highest BCUT2D eigenvalue weighted by Gasteiger charge is 2.33. The van der Waals surface area contributed by atoms with Crippen LogP contribution in [-0.2, 0) is 14.8 Å². The van der Waals surface area contributed by atoms with Gasteiger partial charge >= 0.3 is 0 Å². The van der Waals surface area contributed by atoms with Crippen LogP contribution in [0.3, 0.4) is 0 Å². The van der Waals surface area contributed by atoms with E-state index in [0.29, 0.717) is 10.8 Å². The van der Waals surface area contributed by atoms with Crippen LogP contribution in [0.5, 0.6) is 11.5 Å². The number of hydrogen-bond donors (Lipinski definition) is 1. The Hall–Kier alpha value is -4.41. The maximum Gasteiger partial charge on any atom is 0.289 e. The third kappa shape index (κ3) is 6.05. The van der Waals surface area contributed by atoms with E-state index >= 15 is 0 Å². The smallest absolute Gasteiger partial charge is 0.289 e. The molecule has 0 radical (unpaired) electrons. The summed E-state index contributed by atoms with van der Waals surface area (Å²) in [6.45, 7) is -0.671. The van der Waals surface area contributed by atoms with Crippen molar-refractivity contribution in [2.75, 3.05) is 16.2 Å². The van der Waals surface area contributed by atoms with E-state index in [0.717, 1.165) is 16.4 Å². The van der Waals surface area contributed by atoms with Gasteiger partial charge in [0.2, 0.25) is 5.91 Å². The van der Waals surface area contributed by atoms with Gasteiger partial charge in [-0.3, -0.25) is 19.2 Å². The molecule has 11 heteroatoms. The topological polar surface area (TPSA) is 119 Å². The standard InChI is InChI=1S/C26H20ClN3O6S/c27-19-15-16-24(36-21-11-5-2-6-12-21)22(17-19)28-26(31)18-29(20-9-3-1-4-10-20)37(34,35)25-14-8-7-13-23(25)30(32)33/h1-17H,18H2,(H,28,31). The first-order valence-corrected chi connectivity index (χ1v) is 12.7. The summed E-state index contributed by atoms with van der Waals surface area (Å²) in [4.78, 5) is 23.4. The maximum atomic E-state index is 13.6. The number of nitro groups is 1. The zero-order chi connectivity index (χ0) is 26.4. The van der Waals surface area contributed by atoms with Gasteiger partial charge in [0, 0.05) is 11.1 Å². The maximum absolute atomic E-state index is 13.6. The molecule has 4 rings (SSSR count). The van der Waals surface area contributed by atoms with Gasteiger partial charge in [-0.25, -0.2) is 8.42 Å². The Bertz CT molecular complexity index is 1530. The predicted molar refractivity (Wildman–Crippen MR) is 141 cm³/mol. The van der Waals surface area contributed by atoms with E-state index in [1.165, 1.54) is 30.3 Å². The van der Waals surface area contributed by atoms with Crippen molar-refractivity contribution in [2.45, 2.75) is 4.90 Å². The molecule has 0 aliphatic rings. The summed E-state index contributed by atoms with van der Waals surface area (Å²) in [5.74, 6) is 0.0909. The molecule has 0 aliphatic carbocycles. The lowest BCUT2D eigenvalue weighted by molar-refractivity contribution is -0.387. The first-order valence-electron chi connectivity index (χ1n) is 10.9. The van der Waals surface area contributed by atoms with E-state index in [4.69, 9.17) is 16.3 Å². The fourth-order valence-corrected chi connectivity index (χ4v) is 5.23. The fraction of sp³-hybridized carbons (Fsp3) is 0.0385. The minimum atomic E-state index is -4.51. The second kappa shape index (κ2) is 11.1. The van der Waals surface area contributed by atoms with E-state index in [1.807, 2.05) is 6.07 Å². The van der Waals surface area contributed by atoms with Gasteiger partial charge in [-0.15, -0.1) is 0 Å². The number of ether oxygens (including phenoxy) is 1. The van der Waals surface area contributed by atoms with Crippen LogP contribution in [0.1, 0.15) is 0 Å². The van der Waals surface area contributed by atoms with Gasteiger partial charge in [0.05, 0.1) is 16.3 Å². The molecule has 0 aliphatic heterocycles. The Morgan fingerprint density at radius 3 is 2.22 bits per heavy atom. The SMILES string of the molecule is O=C(CN(c1ccccc1)S(=O)(=O)c1ccccc1[N+](=O)[O-])Nc1cc(Cl)ccc1Oc1ccccc1. The zero-order valence-electron chi connectivity index (χ0n) is 19.2. The molecule has 1 N–H and O–H groups in total. The summed E-state index contributed by atoms with van der Waals surface area (Å²) in [5, 5.41) is 14.5. The molecule has 0 saturated carbocycles. The number of carbonyl (C=O) groups is 1. The Morgan fingerprint density at radius 1 is 0.919 bits per heavy atom. The van der Waals surface area contributed by atoms with Gasteiger partial charge < -0.3 is 10.1 Å². The Balaban J connectivity index is 1.67. The van der Waals surface area contributed by atoms with Crippen molar-refractivity contribution in [2.24, 2.45) is 0 Å². The summed E-state index contributed by atoms with van der Waals surface area (Å²) in [6, 6.07) is 26.3. The van der Waals surface area contributed by atoms with Crippen molar-refractivity contribution < 1.29 is 22.9 Å². The largest absolute Gasteiger partial charge is 0.455 e. The molecule has 188 valence electrons. The molecule has 37 heavy (non-hydrogen) atoms. The van der Waals surface area contributed by atoms with E-state index in [9.17, 15) is 23.3 Å². The molecule has 4 aromatic rings. The van der Waals surface area contributed by atoms with Crippen molar-refractivity contribution in [1.82, 2.24) is 0 Å². The lowest BCUT2D eigenvalue weighted by atomic mass is 10.2. The molecule has 0 spiro atoms. The van der Waals surface area contributed by atoms with Gasteiger partial charge in [0.25, 0.3) is 15.7 Å². The molecule has 0 aromatic heterocycles. The van der Waals surface area contributed by atoms with Crippen LogP contribution in [0.2, 0.25) is 5.02 Å². The van der Waals surface area contributed by atoms with E-state index in [2.05, 4.69) is 5.32 Å². The molecule has 0 bridgehead atoms. The van der Waals surface area contributed by atoms with Crippen LogP contribution >= 0.6 is 11.6 Å². The Labute approximate surface area is 218 Å². The first kappa shape index (κ1) is 25.7.